The largest absolute Gasteiger partial charge is 0.392 e. The lowest BCUT2D eigenvalue weighted by atomic mass is 10.1. The van der Waals surface area contributed by atoms with Crippen molar-refractivity contribution < 1.29 is 14.7 Å². The Morgan fingerprint density at radius 3 is 2.89 bits per heavy atom. The first-order chi connectivity index (χ1) is 9.00. The van der Waals surface area contributed by atoms with Gasteiger partial charge in [0.2, 0.25) is 0 Å². The fourth-order valence-corrected chi connectivity index (χ4v) is 2.26. The van der Waals surface area contributed by atoms with E-state index in [9.17, 15) is 9.59 Å². The molecule has 1 aromatic rings. The standard InChI is InChI=1S/C14H18N2O3/c1-9-4-3-5-12-11(9)6-7-16(12)14(19)13(18)15-8-10(2)17/h3-5,10,17H,6-8H2,1-2H3,(H,15,18). The van der Waals surface area contributed by atoms with Crippen molar-refractivity contribution in [3.05, 3.63) is 29.3 Å². The number of benzene rings is 1. The number of carbonyl (C=O) groups excluding carboxylic acids is 2. The number of hydrogen-bond acceptors (Lipinski definition) is 3. The Hall–Kier alpha value is -1.88. The second-order valence-electron chi connectivity index (χ2n) is 4.84. The monoisotopic (exact) mass is 262 g/mol. The van der Waals surface area contributed by atoms with Crippen LogP contribution in [0.15, 0.2) is 18.2 Å². The molecule has 1 atom stereocenters. The van der Waals surface area contributed by atoms with Crippen molar-refractivity contribution in [2.45, 2.75) is 26.4 Å². The van der Waals surface area contributed by atoms with Crippen molar-refractivity contribution in [2.75, 3.05) is 18.0 Å². The third-order valence-corrected chi connectivity index (χ3v) is 3.26. The molecule has 1 heterocycles. The Balaban J connectivity index is 2.11. The molecule has 0 bridgehead atoms. The fraction of sp³-hybridized carbons (Fsp3) is 0.429. The zero-order valence-electron chi connectivity index (χ0n) is 11.1. The Kier molecular flexibility index (Phi) is 3.85. The van der Waals surface area contributed by atoms with Crippen LogP contribution < -0.4 is 10.2 Å². The van der Waals surface area contributed by atoms with E-state index >= 15 is 0 Å². The Morgan fingerprint density at radius 1 is 1.47 bits per heavy atom. The normalized spacial score (nSPS) is 15.0. The highest BCUT2D eigenvalue weighted by molar-refractivity contribution is 6.40. The SMILES string of the molecule is Cc1cccc2c1CCN2C(=O)C(=O)NCC(C)O. The van der Waals surface area contributed by atoms with E-state index in [0.717, 1.165) is 23.2 Å². The average Bonchev–Trinajstić information content (AvgIpc) is 2.80. The highest BCUT2D eigenvalue weighted by Gasteiger charge is 2.29. The van der Waals surface area contributed by atoms with E-state index in [0.29, 0.717) is 6.54 Å². The summed E-state index contributed by atoms with van der Waals surface area (Å²) >= 11 is 0. The molecule has 5 heteroatoms. The third kappa shape index (κ3) is 2.76. The zero-order valence-corrected chi connectivity index (χ0v) is 11.1. The van der Waals surface area contributed by atoms with Gasteiger partial charge in [0.1, 0.15) is 0 Å². The average molecular weight is 262 g/mol. The number of rotatable bonds is 2. The summed E-state index contributed by atoms with van der Waals surface area (Å²) in [5.74, 6) is -1.24. The lowest BCUT2D eigenvalue weighted by molar-refractivity contribution is -0.137. The molecule has 1 aromatic carbocycles. The maximum absolute atomic E-state index is 12.1. The molecular formula is C14H18N2O3. The summed E-state index contributed by atoms with van der Waals surface area (Å²) in [6, 6.07) is 5.74. The molecule has 19 heavy (non-hydrogen) atoms. The van der Waals surface area contributed by atoms with Gasteiger partial charge in [0.25, 0.3) is 0 Å². The van der Waals surface area contributed by atoms with Gasteiger partial charge in [-0.05, 0) is 37.5 Å². The van der Waals surface area contributed by atoms with Crippen LogP contribution in [0.2, 0.25) is 0 Å². The van der Waals surface area contributed by atoms with Crippen molar-refractivity contribution in [3.8, 4) is 0 Å². The van der Waals surface area contributed by atoms with Crippen LogP contribution in [0, 0.1) is 6.92 Å². The molecule has 0 saturated carbocycles. The van der Waals surface area contributed by atoms with Crippen LogP contribution in [-0.4, -0.2) is 36.1 Å². The Labute approximate surface area is 112 Å². The lowest BCUT2D eigenvalue weighted by Crippen LogP contribution is -2.44. The second-order valence-corrected chi connectivity index (χ2v) is 4.84. The molecule has 0 aliphatic carbocycles. The highest BCUT2D eigenvalue weighted by atomic mass is 16.3. The van der Waals surface area contributed by atoms with Crippen LogP contribution in [0.4, 0.5) is 5.69 Å². The fourth-order valence-electron chi connectivity index (χ4n) is 2.26. The minimum absolute atomic E-state index is 0.0824. The summed E-state index contributed by atoms with van der Waals surface area (Å²) in [5, 5.41) is 11.5. The van der Waals surface area contributed by atoms with E-state index in [-0.39, 0.29) is 6.54 Å². The van der Waals surface area contributed by atoms with E-state index in [2.05, 4.69) is 5.32 Å². The van der Waals surface area contributed by atoms with Crippen LogP contribution in [-0.2, 0) is 16.0 Å². The molecule has 0 saturated heterocycles. The molecule has 1 aliphatic rings. The van der Waals surface area contributed by atoms with E-state index in [1.807, 2.05) is 25.1 Å². The first kappa shape index (κ1) is 13.5. The summed E-state index contributed by atoms with van der Waals surface area (Å²) in [6.45, 7) is 4.17. The molecule has 2 amide bonds. The summed E-state index contributed by atoms with van der Waals surface area (Å²) in [4.78, 5) is 25.3. The number of aliphatic hydroxyl groups excluding tert-OH is 1. The predicted octanol–water partition coefficient (Wildman–Crippen LogP) is 0.381. The van der Waals surface area contributed by atoms with Crippen LogP contribution in [0.1, 0.15) is 18.1 Å². The summed E-state index contributed by atoms with van der Waals surface area (Å²) < 4.78 is 0. The molecule has 0 radical (unpaired) electrons. The van der Waals surface area contributed by atoms with Gasteiger partial charge in [0, 0.05) is 18.8 Å². The molecule has 102 valence electrons. The maximum atomic E-state index is 12.1. The molecule has 5 nitrogen and oxygen atoms in total. The van der Waals surface area contributed by atoms with E-state index in [1.54, 1.807) is 6.92 Å². The topological polar surface area (TPSA) is 69.6 Å². The number of hydrogen-bond donors (Lipinski definition) is 2. The minimum Gasteiger partial charge on any atom is -0.392 e. The number of carbonyl (C=O) groups is 2. The number of anilines is 1. The van der Waals surface area contributed by atoms with Crippen LogP contribution in [0.3, 0.4) is 0 Å². The number of aliphatic hydroxyl groups is 1. The van der Waals surface area contributed by atoms with Crippen molar-refractivity contribution in [1.29, 1.82) is 0 Å². The Morgan fingerprint density at radius 2 is 2.21 bits per heavy atom. The zero-order chi connectivity index (χ0) is 14.0. The van der Waals surface area contributed by atoms with E-state index in [1.165, 1.54) is 4.90 Å². The second kappa shape index (κ2) is 5.40. The first-order valence-corrected chi connectivity index (χ1v) is 6.37. The van der Waals surface area contributed by atoms with Crippen molar-refractivity contribution >= 4 is 17.5 Å². The van der Waals surface area contributed by atoms with Gasteiger partial charge in [-0.1, -0.05) is 12.1 Å². The molecule has 0 aromatic heterocycles. The molecule has 1 aliphatic heterocycles. The van der Waals surface area contributed by atoms with Crippen molar-refractivity contribution in [1.82, 2.24) is 5.32 Å². The van der Waals surface area contributed by atoms with Gasteiger partial charge < -0.3 is 15.3 Å². The van der Waals surface area contributed by atoms with Crippen LogP contribution in [0.25, 0.3) is 0 Å². The minimum atomic E-state index is -0.671. The van der Waals surface area contributed by atoms with Gasteiger partial charge in [-0.2, -0.15) is 0 Å². The first-order valence-electron chi connectivity index (χ1n) is 6.37. The number of nitrogens with one attached hydrogen (secondary N) is 1. The number of fused-ring (bicyclic) bond motifs is 1. The molecule has 0 spiro atoms. The summed E-state index contributed by atoms with van der Waals surface area (Å²) in [5.41, 5.74) is 3.08. The van der Waals surface area contributed by atoms with Gasteiger partial charge in [-0.25, -0.2) is 0 Å². The predicted molar refractivity (Wildman–Crippen MR) is 71.9 cm³/mol. The molecular weight excluding hydrogens is 244 g/mol. The Bertz CT molecular complexity index is 511. The van der Waals surface area contributed by atoms with Gasteiger partial charge in [0.05, 0.1) is 6.10 Å². The van der Waals surface area contributed by atoms with Crippen LogP contribution >= 0.6 is 0 Å². The van der Waals surface area contributed by atoms with Gasteiger partial charge in [-0.3, -0.25) is 9.59 Å². The lowest BCUT2D eigenvalue weighted by Gasteiger charge is -2.17. The van der Waals surface area contributed by atoms with Crippen molar-refractivity contribution in [2.24, 2.45) is 0 Å². The molecule has 0 fully saturated rings. The van der Waals surface area contributed by atoms with Gasteiger partial charge in [-0.15, -0.1) is 0 Å². The molecule has 2 N–H and O–H groups in total. The van der Waals surface area contributed by atoms with E-state index < -0.39 is 17.9 Å². The number of amides is 2. The third-order valence-electron chi connectivity index (χ3n) is 3.26. The highest BCUT2D eigenvalue weighted by Crippen LogP contribution is 2.30. The summed E-state index contributed by atoms with van der Waals surface area (Å²) in [7, 11) is 0. The van der Waals surface area contributed by atoms with Gasteiger partial charge >= 0.3 is 11.8 Å². The molecule has 2 rings (SSSR count). The maximum Gasteiger partial charge on any atom is 0.316 e. The number of nitrogens with zero attached hydrogens (tertiary/aromatic N) is 1. The quantitative estimate of drug-likeness (QED) is 0.757. The molecule has 1 unspecified atom stereocenters. The van der Waals surface area contributed by atoms with E-state index in [4.69, 9.17) is 5.11 Å². The van der Waals surface area contributed by atoms with Crippen molar-refractivity contribution in [3.63, 3.8) is 0 Å². The smallest absolute Gasteiger partial charge is 0.316 e. The number of aryl methyl sites for hydroxylation is 1. The van der Waals surface area contributed by atoms with Gasteiger partial charge in [0.15, 0.2) is 0 Å². The van der Waals surface area contributed by atoms with Crippen LogP contribution in [0.5, 0.6) is 0 Å². The summed E-state index contributed by atoms with van der Waals surface area (Å²) in [6.07, 6.45) is 0.113.